The third-order valence-electron chi connectivity index (χ3n) is 7.43. The molecule has 3 heterocycles. The molecule has 1 aromatic heterocycles. The number of nitrogens with one attached hydrogen (secondary N) is 2. The van der Waals surface area contributed by atoms with Gasteiger partial charge in [0, 0.05) is 65.7 Å². The first-order chi connectivity index (χ1) is 16.8. The van der Waals surface area contributed by atoms with Gasteiger partial charge in [-0.3, -0.25) is 9.59 Å². The number of anilines is 1. The SMILES string of the molecule is CC(C)(CN1CCCC1)c1ccc(N2CC(CNC(=O)c3ccc4c(Cl)c[nH]c4c3)CC2=O)cc1. The molecule has 35 heavy (non-hydrogen) atoms. The maximum Gasteiger partial charge on any atom is 0.251 e. The second-order valence-corrected chi connectivity index (χ2v) is 11.0. The van der Waals surface area contributed by atoms with Crippen LogP contribution in [0.1, 0.15) is 49.0 Å². The molecule has 2 N–H and O–H groups in total. The molecule has 2 amide bonds. The third-order valence-corrected chi connectivity index (χ3v) is 7.74. The Hall–Kier alpha value is -2.83. The lowest BCUT2D eigenvalue weighted by molar-refractivity contribution is -0.117. The van der Waals surface area contributed by atoms with Crippen LogP contribution in [0, 0.1) is 5.92 Å². The third kappa shape index (κ3) is 5.09. The summed E-state index contributed by atoms with van der Waals surface area (Å²) in [5.74, 6) is 0.0466. The van der Waals surface area contributed by atoms with Gasteiger partial charge >= 0.3 is 0 Å². The number of benzene rings is 2. The summed E-state index contributed by atoms with van der Waals surface area (Å²) in [7, 11) is 0. The summed E-state index contributed by atoms with van der Waals surface area (Å²) >= 11 is 6.12. The van der Waals surface area contributed by atoms with E-state index in [0.29, 0.717) is 30.1 Å². The first-order valence-electron chi connectivity index (χ1n) is 12.5. The molecule has 7 heteroatoms. The fourth-order valence-electron chi connectivity index (χ4n) is 5.42. The van der Waals surface area contributed by atoms with E-state index >= 15 is 0 Å². The molecule has 2 aliphatic heterocycles. The van der Waals surface area contributed by atoms with Crippen molar-refractivity contribution in [3.8, 4) is 0 Å². The largest absolute Gasteiger partial charge is 0.360 e. The zero-order valence-corrected chi connectivity index (χ0v) is 21.2. The lowest BCUT2D eigenvalue weighted by Crippen LogP contribution is -2.35. The first-order valence-corrected chi connectivity index (χ1v) is 12.9. The van der Waals surface area contributed by atoms with Gasteiger partial charge in [0.25, 0.3) is 5.91 Å². The Kier molecular flexibility index (Phi) is 6.60. The fourth-order valence-corrected chi connectivity index (χ4v) is 5.64. The summed E-state index contributed by atoms with van der Waals surface area (Å²) in [5.41, 5.74) is 3.70. The average Bonchev–Trinajstić information content (AvgIpc) is 3.58. The number of carbonyl (C=O) groups excluding carboxylic acids is 2. The number of nitrogens with zero attached hydrogens (tertiary/aromatic N) is 2. The van der Waals surface area contributed by atoms with Crippen molar-refractivity contribution in [3.63, 3.8) is 0 Å². The van der Waals surface area contributed by atoms with E-state index in [-0.39, 0.29) is 23.1 Å². The molecule has 2 aromatic carbocycles. The summed E-state index contributed by atoms with van der Waals surface area (Å²) in [4.78, 5) is 32.9. The highest BCUT2D eigenvalue weighted by Gasteiger charge is 2.31. The number of rotatable bonds is 7. The Morgan fingerprint density at radius 2 is 1.89 bits per heavy atom. The number of likely N-dealkylation sites (tertiary alicyclic amines) is 1. The van der Waals surface area contributed by atoms with Crippen molar-refractivity contribution in [2.24, 2.45) is 5.92 Å². The summed E-state index contributed by atoms with van der Waals surface area (Å²) in [6.07, 6.45) is 4.75. The van der Waals surface area contributed by atoms with Gasteiger partial charge in [-0.15, -0.1) is 0 Å². The highest BCUT2D eigenvalue weighted by Crippen LogP contribution is 2.30. The molecule has 0 bridgehead atoms. The lowest BCUT2D eigenvalue weighted by atomic mass is 9.84. The second kappa shape index (κ2) is 9.67. The molecule has 3 aromatic rings. The topological polar surface area (TPSA) is 68.4 Å². The van der Waals surface area contributed by atoms with Crippen molar-refractivity contribution < 1.29 is 9.59 Å². The minimum absolute atomic E-state index is 0.0686. The predicted molar refractivity (Wildman–Crippen MR) is 141 cm³/mol. The molecule has 0 radical (unpaired) electrons. The number of aromatic amines is 1. The summed E-state index contributed by atoms with van der Waals surface area (Å²) in [5, 5.41) is 4.53. The highest BCUT2D eigenvalue weighted by atomic mass is 35.5. The van der Waals surface area contributed by atoms with E-state index in [1.807, 2.05) is 11.0 Å². The Bertz CT molecular complexity index is 1230. The second-order valence-electron chi connectivity index (χ2n) is 10.6. The molecule has 1 atom stereocenters. The van der Waals surface area contributed by atoms with Crippen LogP contribution in [0.25, 0.3) is 10.9 Å². The number of halogens is 1. The molecular weight excluding hydrogens is 460 g/mol. The molecule has 0 aliphatic carbocycles. The van der Waals surface area contributed by atoms with Crippen LogP contribution >= 0.6 is 11.6 Å². The van der Waals surface area contributed by atoms with Crippen LogP contribution in [0.15, 0.2) is 48.7 Å². The molecule has 2 saturated heterocycles. The standard InChI is InChI=1S/C28H33ClN4O2/c1-28(2,18-32-11-3-4-12-32)21-6-8-22(9-7-21)33-17-19(13-26(33)34)15-31-27(35)20-5-10-23-24(29)16-30-25(23)14-20/h5-10,14,16,19,30H,3-4,11-13,15,17-18H2,1-2H3,(H,31,35). The lowest BCUT2D eigenvalue weighted by Gasteiger charge is -2.31. The van der Waals surface area contributed by atoms with Crippen molar-refractivity contribution in [3.05, 3.63) is 64.8 Å². The molecule has 6 nitrogen and oxygen atoms in total. The van der Waals surface area contributed by atoms with E-state index in [0.717, 1.165) is 23.1 Å². The van der Waals surface area contributed by atoms with E-state index in [9.17, 15) is 9.59 Å². The Labute approximate surface area is 211 Å². The number of fused-ring (bicyclic) bond motifs is 1. The Morgan fingerprint density at radius 3 is 2.63 bits per heavy atom. The smallest absolute Gasteiger partial charge is 0.251 e. The van der Waals surface area contributed by atoms with E-state index in [1.54, 1.807) is 18.3 Å². The van der Waals surface area contributed by atoms with Crippen molar-refractivity contribution in [1.29, 1.82) is 0 Å². The zero-order valence-electron chi connectivity index (χ0n) is 20.4. The molecule has 1 unspecified atom stereocenters. The summed E-state index contributed by atoms with van der Waals surface area (Å²) in [6.45, 7) is 9.10. The molecule has 2 fully saturated rings. The van der Waals surface area contributed by atoms with E-state index in [1.165, 1.54) is 31.5 Å². The van der Waals surface area contributed by atoms with Crippen LogP contribution in [0.2, 0.25) is 5.02 Å². The van der Waals surface area contributed by atoms with E-state index in [2.05, 4.69) is 53.3 Å². The van der Waals surface area contributed by atoms with Crippen LogP contribution in [0.4, 0.5) is 5.69 Å². The average molecular weight is 493 g/mol. The minimum atomic E-state index is -0.145. The quantitative estimate of drug-likeness (QED) is 0.489. The number of amides is 2. The van der Waals surface area contributed by atoms with Crippen LogP contribution in [0.5, 0.6) is 0 Å². The van der Waals surface area contributed by atoms with Gasteiger partial charge in [-0.1, -0.05) is 43.6 Å². The zero-order chi connectivity index (χ0) is 24.6. The van der Waals surface area contributed by atoms with E-state index in [4.69, 9.17) is 11.6 Å². The normalized spacial score (nSPS) is 19.1. The van der Waals surface area contributed by atoms with Gasteiger partial charge in [-0.25, -0.2) is 0 Å². The number of hydrogen-bond donors (Lipinski definition) is 2. The molecule has 184 valence electrons. The molecule has 2 aliphatic rings. The van der Waals surface area contributed by atoms with Crippen LogP contribution in [-0.2, 0) is 10.2 Å². The van der Waals surface area contributed by atoms with Crippen LogP contribution in [-0.4, -0.2) is 54.4 Å². The Balaban J connectivity index is 1.18. The van der Waals surface area contributed by atoms with Gasteiger partial charge in [-0.2, -0.15) is 0 Å². The maximum atomic E-state index is 12.8. The van der Waals surface area contributed by atoms with Crippen molar-refractivity contribution in [2.45, 2.75) is 38.5 Å². The number of carbonyl (C=O) groups is 2. The van der Waals surface area contributed by atoms with Gasteiger partial charge < -0.3 is 20.1 Å². The summed E-state index contributed by atoms with van der Waals surface area (Å²) in [6, 6.07) is 13.9. The Morgan fingerprint density at radius 1 is 1.14 bits per heavy atom. The van der Waals surface area contributed by atoms with Crippen LogP contribution < -0.4 is 10.2 Å². The molecule has 5 rings (SSSR count). The van der Waals surface area contributed by atoms with Gasteiger partial charge in [0.1, 0.15) is 0 Å². The van der Waals surface area contributed by atoms with Gasteiger partial charge in [-0.05, 0) is 55.8 Å². The monoisotopic (exact) mass is 492 g/mol. The van der Waals surface area contributed by atoms with Gasteiger partial charge in [0.15, 0.2) is 0 Å². The van der Waals surface area contributed by atoms with E-state index < -0.39 is 0 Å². The fraction of sp³-hybridized carbons (Fsp3) is 0.429. The molecular formula is C28H33ClN4O2. The maximum absolute atomic E-state index is 12.8. The summed E-state index contributed by atoms with van der Waals surface area (Å²) < 4.78 is 0. The molecule has 0 spiro atoms. The number of aromatic nitrogens is 1. The van der Waals surface area contributed by atoms with Crippen molar-refractivity contribution in [2.75, 3.05) is 37.6 Å². The minimum Gasteiger partial charge on any atom is -0.360 e. The number of hydrogen-bond acceptors (Lipinski definition) is 3. The first kappa shape index (κ1) is 23.9. The van der Waals surface area contributed by atoms with Crippen molar-refractivity contribution in [1.82, 2.24) is 15.2 Å². The number of H-pyrrole nitrogens is 1. The molecule has 0 saturated carbocycles. The van der Waals surface area contributed by atoms with Gasteiger partial charge in [0.2, 0.25) is 5.91 Å². The van der Waals surface area contributed by atoms with Gasteiger partial charge in [0.05, 0.1) is 5.02 Å². The predicted octanol–water partition coefficient (Wildman–Crippen LogP) is 4.98. The van der Waals surface area contributed by atoms with Crippen molar-refractivity contribution >= 4 is 40.0 Å². The van der Waals surface area contributed by atoms with Crippen LogP contribution in [0.3, 0.4) is 0 Å². The highest BCUT2D eigenvalue weighted by molar-refractivity contribution is 6.35.